The van der Waals surface area contributed by atoms with E-state index in [0.717, 1.165) is 36.1 Å². The second-order valence-electron chi connectivity index (χ2n) is 6.83. The molecule has 3 heterocycles. The molecule has 2 N–H and O–H groups in total. The van der Waals surface area contributed by atoms with Crippen LogP contribution >= 0.6 is 0 Å². The molecular weight excluding hydrogens is 284 g/mol. The minimum absolute atomic E-state index is 0.228. The minimum atomic E-state index is 0.228. The van der Waals surface area contributed by atoms with Crippen LogP contribution in [-0.2, 0) is 0 Å². The Hall–Kier alpha value is -2.20. The van der Waals surface area contributed by atoms with Gasteiger partial charge in [-0.15, -0.1) is 0 Å². The lowest BCUT2D eigenvalue weighted by molar-refractivity contribution is 0.339. The fourth-order valence-corrected chi connectivity index (χ4v) is 3.91. The first-order valence-electron chi connectivity index (χ1n) is 8.25. The molecule has 118 valence electrons. The Morgan fingerprint density at radius 1 is 1.35 bits per heavy atom. The molecule has 2 saturated heterocycles. The van der Waals surface area contributed by atoms with Crippen molar-refractivity contribution >= 4 is 16.6 Å². The van der Waals surface area contributed by atoms with E-state index in [1.54, 1.807) is 0 Å². The highest BCUT2D eigenvalue weighted by Crippen LogP contribution is 2.42. The molecule has 4 heteroatoms. The SMILES string of the molecule is CN1CCC2(CCN/C2=C\C(=N)c2cnc3ccccc3c2)C1. The number of rotatable bonds is 2. The summed E-state index contributed by atoms with van der Waals surface area (Å²) in [6.45, 7) is 3.25. The van der Waals surface area contributed by atoms with E-state index in [-0.39, 0.29) is 5.41 Å². The Bertz CT molecular complexity index is 795. The van der Waals surface area contributed by atoms with Crippen molar-refractivity contribution in [1.29, 1.82) is 5.41 Å². The molecule has 2 fully saturated rings. The van der Waals surface area contributed by atoms with Crippen molar-refractivity contribution in [3.63, 3.8) is 0 Å². The van der Waals surface area contributed by atoms with Crippen LogP contribution in [0.15, 0.2) is 48.3 Å². The van der Waals surface area contributed by atoms with Crippen LogP contribution in [0.3, 0.4) is 0 Å². The molecule has 0 radical (unpaired) electrons. The van der Waals surface area contributed by atoms with Crippen LogP contribution in [-0.4, -0.2) is 42.3 Å². The summed E-state index contributed by atoms with van der Waals surface area (Å²) in [4.78, 5) is 6.87. The smallest absolute Gasteiger partial charge is 0.0702 e. The highest BCUT2D eigenvalue weighted by Gasteiger charge is 2.43. The fraction of sp³-hybridized carbons (Fsp3) is 0.368. The van der Waals surface area contributed by atoms with Crippen molar-refractivity contribution in [2.24, 2.45) is 5.41 Å². The number of nitrogens with one attached hydrogen (secondary N) is 2. The van der Waals surface area contributed by atoms with Gasteiger partial charge in [-0.1, -0.05) is 18.2 Å². The van der Waals surface area contributed by atoms with E-state index in [4.69, 9.17) is 5.41 Å². The Morgan fingerprint density at radius 3 is 3.04 bits per heavy atom. The first-order chi connectivity index (χ1) is 11.2. The van der Waals surface area contributed by atoms with Gasteiger partial charge in [0.05, 0.1) is 11.2 Å². The van der Waals surface area contributed by atoms with Crippen molar-refractivity contribution in [2.75, 3.05) is 26.7 Å². The summed E-state index contributed by atoms with van der Waals surface area (Å²) in [5.74, 6) is 0. The molecule has 2 aromatic rings. The number of benzene rings is 1. The van der Waals surface area contributed by atoms with Crippen molar-refractivity contribution in [3.05, 3.63) is 53.9 Å². The van der Waals surface area contributed by atoms with Gasteiger partial charge in [0.2, 0.25) is 0 Å². The van der Waals surface area contributed by atoms with Crippen LogP contribution in [0.5, 0.6) is 0 Å². The maximum Gasteiger partial charge on any atom is 0.0702 e. The Labute approximate surface area is 136 Å². The highest BCUT2D eigenvalue weighted by molar-refractivity contribution is 6.08. The third-order valence-electron chi connectivity index (χ3n) is 5.23. The summed E-state index contributed by atoms with van der Waals surface area (Å²) < 4.78 is 0. The molecule has 4 nitrogen and oxygen atoms in total. The summed E-state index contributed by atoms with van der Waals surface area (Å²) in [5.41, 5.74) is 3.86. The maximum absolute atomic E-state index is 8.50. The lowest BCUT2D eigenvalue weighted by atomic mass is 9.82. The molecular formula is C19H22N4. The third-order valence-corrected chi connectivity index (χ3v) is 5.23. The molecule has 2 aliphatic rings. The van der Waals surface area contributed by atoms with Gasteiger partial charge in [0.15, 0.2) is 0 Å². The van der Waals surface area contributed by atoms with Gasteiger partial charge in [-0.2, -0.15) is 0 Å². The predicted octanol–water partition coefficient (Wildman–Crippen LogP) is 2.80. The van der Waals surface area contributed by atoms with Gasteiger partial charge in [-0.3, -0.25) is 4.98 Å². The van der Waals surface area contributed by atoms with Crippen LogP contribution < -0.4 is 5.32 Å². The van der Waals surface area contributed by atoms with E-state index in [0.29, 0.717) is 5.71 Å². The average molecular weight is 306 g/mol. The number of pyridine rings is 1. The summed E-state index contributed by atoms with van der Waals surface area (Å²) >= 11 is 0. The lowest BCUT2D eigenvalue weighted by Gasteiger charge is -2.24. The van der Waals surface area contributed by atoms with Crippen molar-refractivity contribution < 1.29 is 0 Å². The summed E-state index contributed by atoms with van der Waals surface area (Å²) in [7, 11) is 2.18. The topological polar surface area (TPSA) is 52.0 Å². The normalized spacial score (nSPS) is 26.2. The number of fused-ring (bicyclic) bond motifs is 1. The van der Waals surface area contributed by atoms with E-state index in [1.807, 2.05) is 36.5 Å². The molecule has 1 spiro atoms. The number of para-hydroxylation sites is 1. The third kappa shape index (κ3) is 2.53. The van der Waals surface area contributed by atoms with Crippen molar-refractivity contribution in [3.8, 4) is 0 Å². The Kier molecular flexibility index (Phi) is 3.42. The van der Waals surface area contributed by atoms with Gasteiger partial charge in [0.25, 0.3) is 0 Å². The summed E-state index contributed by atoms with van der Waals surface area (Å²) in [6.07, 6.45) is 6.19. The first-order valence-corrected chi connectivity index (χ1v) is 8.25. The number of nitrogens with zero attached hydrogens (tertiary/aromatic N) is 2. The van der Waals surface area contributed by atoms with Crippen LogP contribution in [0, 0.1) is 10.8 Å². The van der Waals surface area contributed by atoms with Gasteiger partial charge >= 0.3 is 0 Å². The second-order valence-corrected chi connectivity index (χ2v) is 6.83. The van der Waals surface area contributed by atoms with Gasteiger partial charge in [-0.25, -0.2) is 0 Å². The van der Waals surface area contributed by atoms with Crippen LogP contribution in [0.2, 0.25) is 0 Å². The molecule has 23 heavy (non-hydrogen) atoms. The largest absolute Gasteiger partial charge is 0.388 e. The number of allylic oxidation sites excluding steroid dienone is 1. The molecule has 1 aromatic heterocycles. The molecule has 0 amide bonds. The monoisotopic (exact) mass is 306 g/mol. The Morgan fingerprint density at radius 2 is 2.22 bits per heavy atom. The predicted molar refractivity (Wildman–Crippen MR) is 93.8 cm³/mol. The molecule has 1 unspecified atom stereocenters. The van der Waals surface area contributed by atoms with Gasteiger partial charge in [0.1, 0.15) is 0 Å². The first kappa shape index (κ1) is 14.4. The quantitative estimate of drug-likeness (QED) is 0.839. The number of hydrogen-bond acceptors (Lipinski definition) is 4. The van der Waals surface area contributed by atoms with Crippen molar-refractivity contribution in [1.82, 2.24) is 15.2 Å². The fourth-order valence-electron chi connectivity index (χ4n) is 3.91. The molecule has 4 rings (SSSR count). The van der Waals surface area contributed by atoms with E-state index < -0.39 is 0 Å². The molecule has 1 aromatic carbocycles. The molecule has 1 atom stereocenters. The maximum atomic E-state index is 8.50. The lowest BCUT2D eigenvalue weighted by Crippen LogP contribution is -2.26. The van der Waals surface area contributed by atoms with Gasteiger partial charge < -0.3 is 15.6 Å². The van der Waals surface area contributed by atoms with E-state index in [9.17, 15) is 0 Å². The van der Waals surface area contributed by atoms with E-state index in [2.05, 4.69) is 28.3 Å². The zero-order valence-electron chi connectivity index (χ0n) is 13.5. The van der Waals surface area contributed by atoms with Gasteiger partial charge in [-0.05, 0) is 44.6 Å². The van der Waals surface area contributed by atoms with Crippen LogP contribution in [0.4, 0.5) is 0 Å². The highest BCUT2D eigenvalue weighted by atomic mass is 15.1. The number of aromatic nitrogens is 1. The number of likely N-dealkylation sites (tertiary alicyclic amines) is 1. The zero-order chi connectivity index (χ0) is 15.9. The standard InChI is InChI=1S/C19H22N4/c1-23-9-7-19(13-23)6-8-21-18(19)11-16(20)15-10-14-4-2-3-5-17(14)22-12-15/h2-5,10-12,20-21H,6-9,13H2,1H3/b18-11-,20-16?. The van der Waals surface area contributed by atoms with Crippen LogP contribution in [0.25, 0.3) is 10.9 Å². The summed E-state index contributed by atoms with van der Waals surface area (Å²) in [6, 6.07) is 10.1. The average Bonchev–Trinajstić information content (AvgIpc) is 3.13. The molecule has 0 bridgehead atoms. The van der Waals surface area contributed by atoms with Gasteiger partial charge in [0, 0.05) is 41.3 Å². The molecule has 0 aliphatic carbocycles. The van der Waals surface area contributed by atoms with E-state index >= 15 is 0 Å². The zero-order valence-corrected chi connectivity index (χ0v) is 13.5. The number of hydrogen-bond donors (Lipinski definition) is 2. The van der Waals surface area contributed by atoms with Crippen molar-refractivity contribution in [2.45, 2.75) is 12.8 Å². The summed E-state index contributed by atoms with van der Waals surface area (Å²) in [5, 5.41) is 13.1. The second kappa shape index (κ2) is 5.46. The molecule has 2 aliphatic heterocycles. The Balaban J connectivity index is 1.65. The van der Waals surface area contributed by atoms with E-state index in [1.165, 1.54) is 18.5 Å². The molecule has 0 saturated carbocycles. The van der Waals surface area contributed by atoms with Crippen LogP contribution in [0.1, 0.15) is 18.4 Å². The minimum Gasteiger partial charge on any atom is -0.388 e.